The maximum atomic E-state index is 11.5. The summed E-state index contributed by atoms with van der Waals surface area (Å²) in [5.74, 6) is -0.383. The standard InChI is InChI=1S/C6H15N3O4S2/c7-14(10,11)4-3-9-15(12,13)6-1-2-8-5-6/h6,8-9H,1-5H2,(H2,7,10,11). The number of nitrogens with two attached hydrogens (primary N) is 1. The molecule has 1 aliphatic rings. The third-order valence-electron chi connectivity index (χ3n) is 2.14. The van der Waals surface area contributed by atoms with E-state index in [0.29, 0.717) is 19.5 Å². The van der Waals surface area contributed by atoms with Crippen LogP contribution in [-0.2, 0) is 20.0 Å². The Morgan fingerprint density at radius 1 is 1.33 bits per heavy atom. The summed E-state index contributed by atoms with van der Waals surface area (Å²) in [6.07, 6.45) is 0.546. The minimum Gasteiger partial charge on any atom is -0.315 e. The van der Waals surface area contributed by atoms with Crippen LogP contribution in [0.4, 0.5) is 0 Å². The molecule has 0 aromatic carbocycles. The second kappa shape index (κ2) is 4.74. The number of nitrogens with one attached hydrogen (secondary N) is 2. The van der Waals surface area contributed by atoms with E-state index in [0.717, 1.165) is 0 Å². The molecular formula is C6H15N3O4S2. The van der Waals surface area contributed by atoms with E-state index < -0.39 is 25.3 Å². The maximum absolute atomic E-state index is 11.5. The van der Waals surface area contributed by atoms with Gasteiger partial charge in [-0.15, -0.1) is 0 Å². The highest BCUT2D eigenvalue weighted by atomic mass is 32.2. The summed E-state index contributed by atoms with van der Waals surface area (Å²) in [6.45, 7) is 0.906. The first-order valence-corrected chi connectivity index (χ1v) is 7.77. The molecule has 7 nitrogen and oxygen atoms in total. The minimum atomic E-state index is -3.61. The summed E-state index contributed by atoms with van der Waals surface area (Å²) >= 11 is 0. The average molecular weight is 257 g/mol. The van der Waals surface area contributed by atoms with E-state index in [1.54, 1.807) is 0 Å². The summed E-state index contributed by atoms with van der Waals surface area (Å²) in [5, 5.41) is 7.19. The highest BCUT2D eigenvalue weighted by Gasteiger charge is 2.28. The van der Waals surface area contributed by atoms with E-state index >= 15 is 0 Å². The predicted octanol–water partition coefficient (Wildman–Crippen LogP) is -2.44. The maximum Gasteiger partial charge on any atom is 0.215 e. The molecule has 0 radical (unpaired) electrons. The molecule has 0 aliphatic carbocycles. The van der Waals surface area contributed by atoms with E-state index in [-0.39, 0.29) is 12.3 Å². The normalized spacial score (nSPS) is 23.1. The number of primary sulfonamides is 1. The van der Waals surface area contributed by atoms with Gasteiger partial charge in [0.2, 0.25) is 20.0 Å². The molecule has 0 amide bonds. The van der Waals surface area contributed by atoms with Crippen LogP contribution in [0.2, 0.25) is 0 Å². The van der Waals surface area contributed by atoms with Crippen molar-refractivity contribution in [1.82, 2.24) is 10.0 Å². The van der Waals surface area contributed by atoms with Gasteiger partial charge in [0, 0.05) is 13.1 Å². The Morgan fingerprint density at radius 2 is 2.00 bits per heavy atom. The molecule has 0 aromatic rings. The van der Waals surface area contributed by atoms with Crippen molar-refractivity contribution < 1.29 is 16.8 Å². The lowest BCUT2D eigenvalue weighted by molar-refractivity contribution is 0.569. The van der Waals surface area contributed by atoms with Crippen molar-refractivity contribution in [3.05, 3.63) is 0 Å². The number of hydrogen-bond acceptors (Lipinski definition) is 5. The van der Waals surface area contributed by atoms with Crippen LogP contribution < -0.4 is 15.2 Å². The average Bonchev–Trinajstić information content (AvgIpc) is 2.52. The molecule has 1 fully saturated rings. The molecule has 1 atom stereocenters. The van der Waals surface area contributed by atoms with Gasteiger partial charge in [-0.05, 0) is 13.0 Å². The van der Waals surface area contributed by atoms with E-state index in [2.05, 4.69) is 10.0 Å². The predicted molar refractivity (Wildman–Crippen MR) is 56.2 cm³/mol. The molecule has 1 rings (SSSR count). The Kier molecular flexibility index (Phi) is 4.06. The van der Waals surface area contributed by atoms with Crippen molar-refractivity contribution in [2.45, 2.75) is 11.7 Å². The van der Waals surface area contributed by atoms with Crippen molar-refractivity contribution in [1.29, 1.82) is 0 Å². The molecule has 4 N–H and O–H groups in total. The second-order valence-corrected chi connectivity index (χ2v) is 7.20. The molecular weight excluding hydrogens is 242 g/mol. The first-order chi connectivity index (χ1) is 6.81. The van der Waals surface area contributed by atoms with Crippen LogP contribution in [0, 0.1) is 0 Å². The largest absolute Gasteiger partial charge is 0.315 e. The lowest BCUT2D eigenvalue weighted by atomic mass is 10.4. The van der Waals surface area contributed by atoms with Gasteiger partial charge in [-0.3, -0.25) is 0 Å². The molecule has 15 heavy (non-hydrogen) atoms. The van der Waals surface area contributed by atoms with E-state index in [1.807, 2.05) is 0 Å². The zero-order valence-electron chi connectivity index (χ0n) is 8.14. The van der Waals surface area contributed by atoms with Gasteiger partial charge >= 0.3 is 0 Å². The fourth-order valence-corrected chi connectivity index (χ4v) is 3.24. The van der Waals surface area contributed by atoms with Crippen LogP contribution in [0.1, 0.15) is 6.42 Å². The van der Waals surface area contributed by atoms with Gasteiger partial charge in [-0.1, -0.05) is 0 Å². The van der Waals surface area contributed by atoms with Crippen LogP contribution in [0.25, 0.3) is 0 Å². The zero-order chi connectivity index (χ0) is 11.5. The van der Waals surface area contributed by atoms with Gasteiger partial charge in [0.05, 0.1) is 11.0 Å². The van der Waals surface area contributed by atoms with Gasteiger partial charge in [0.1, 0.15) is 0 Å². The van der Waals surface area contributed by atoms with E-state index in [9.17, 15) is 16.8 Å². The molecule has 9 heteroatoms. The smallest absolute Gasteiger partial charge is 0.215 e. The quantitative estimate of drug-likeness (QED) is 0.505. The van der Waals surface area contributed by atoms with Crippen LogP contribution in [0.15, 0.2) is 0 Å². The molecule has 0 aromatic heterocycles. The highest BCUT2D eigenvalue weighted by Crippen LogP contribution is 2.07. The van der Waals surface area contributed by atoms with Gasteiger partial charge < -0.3 is 5.32 Å². The molecule has 0 bridgehead atoms. The van der Waals surface area contributed by atoms with Crippen molar-refractivity contribution >= 4 is 20.0 Å². The van der Waals surface area contributed by atoms with Crippen LogP contribution in [-0.4, -0.2) is 47.5 Å². The third kappa shape index (κ3) is 4.43. The molecule has 1 saturated heterocycles. The van der Waals surface area contributed by atoms with Gasteiger partial charge in [0.15, 0.2) is 0 Å². The Bertz CT molecular complexity index is 396. The first-order valence-electron chi connectivity index (χ1n) is 4.51. The highest BCUT2D eigenvalue weighted by molar-refractivity contribution is 7.90. The van der Waals surface area contributed by atoms with Gasteiger partial charge in [-0.2, -0.15) is 0 Å². The lowest BCUT2D eigenvalue weighted by Gasteiger charge is -2.10. The summed E-state index contributed by atoms with van der Waals surface area (Å²) in [4.78, 5) is 0. The van der Waals surface area contributed by atoms with Crippen LogP contribution in [0.5, 0.6) is 0 Å². The van der Waals surface area contributed by atoms with Gasteiger partial charge in [-0.25, -0.2) is 26.7 Å². The Labute approximate surface area is 89.5 Å². The van der Waals surface area contributed by atoms with Crippen molar-refractivity contribution in [2.75, 3.05) is 25.4 Å². The lowest BCUT2D eigenvalue weighted by Crippen LogP contribution is -2.38. The minimum absolute atomic E-state index is 0.169. The van der Waals surface area contributed by atoms with E-state index in [1.165, 1.54) is 0 Å². The topological polar surface area (TPSA) is 118 Å². The van der Waals surface area contributed by atoms with E-state index in [4.69, 9.17) is 5.14 Å². The van der Waals surface area contributed by atoms with Crippen molar-refractivity contribution in [3.63, 3.8) is 0 Å². The van der Waals surface area contributed by atoms with Crippen LogP contribution >= 0.6 is 0 Å². The van der Waals surface area contributed by atoms with Gasteiger partial charge in [0.25, 0.3) is 0 Å². The first kappa shape index (κ1) is 12.8. The summed E-state index contributed by atoms with van der Waals surface area (Å²) in [5.41, 5.74) is 0. The Balaban J connectivity index is 2.43. The summed E-state index contributed by atoms with van der Waals surface area (Å²) in [6, 6.07) is 0. The molecule has 1 aliphatic heterocycles. The van der Waals surface area contributed by atoms with Crippen molar-refractivity contribution in [3.8, 4) is 0 Å². The fraction of sp³-hybridized carbons (Fsp3) is 1.00. The molecule has 0 saturated carbocycles. The molecule has 1 heterocycles. The van der Waals surface area contributed by atoms with Crippen LogP contribution in [0.3, 0.4) is 0 Å². The number of rotatable bonds is 5. The SMILES string of the molecule is NS(=O)(=O)CCNS(=O)(=O)C1CCNC1. The molecule has 1 unspecified atom stereocenters. The zero-order valence-corrected chi connectivity index (χ0v) is 9.77. The number of sulfonamides is 2. The molecule has 0 spiro atoms. The monoisotopic (exact) mass is 257 g/mol. The Hall–Kier alpha value is -0.220. The number of hydrogen-bond donors (Lipinski definition) is 3. The second-order valence-electron chi connectivity index (χ2n) is 3.42. The Morgan fingerprint density at radius 3 is 2.47 bits per heavy atom. The third-order valence-corrected chi connectivity index (χ3v) is 4.80. The molecule has 90 valence electrons. The summed E-state index contributed by atoms with van der Waals surface area (Å²) < 4.78 is 46.4. The fourth-order valence-electron chi connectivity index (χ4n) is 1.34. The van der Waals surface area contributed by atoms with Crippen molar-refractivity contribution in [2.24, 2.45) is 5.14 Å². The summed E-state index contributed by atoms with van der Waals surface area (Å²) in [7, 11) is -7.03.